The molecule has 0 saturated carbocycles. The van der Waals surface area contributed by atoms with Gasteiger partial charge in [-0.05, 0) is 43.4 Å². The van der Waals surface area contributed by atoms with Crippen LogP contribution in [0.4, 0.5) is 5.00 Å². The zero-order valence-corrected chi connectivity index (χ0v) is 17.4. The quantitative estimate of drug-likeness (QED) is 0.589. The monoisotopic (exact) mass is 426 g/mol. The van der Waals surface area contributed by atoms with Gasteiger partial charge in [0.05, 0.1) is 17.6 Å². The summed E-state index contributed by atoms with van der Waals surface area (Å²) in [6.07, 6.45) is 3.76. The van der Waals surface area contributed by atoms with E-state index in [2.05, 4.69) is 10.6 Å². The molecule has 0 atom stereocenters. The van der Waals surface area contributed by atoms with Crippen LogP contribution < -0.4 is 16.1 Å². The fraction of sp³-hybridized carbons (Fsp3) is 0.318. The number of methoxy groups -OCH3 is 1. The summed E-state index contributed by atoms with van der Waals surface area (Å²) in [6, 6.07) is 7.96. The molecule has 2 N–H and O–H groups in total. The molecular weight excluding hydrogens is 404 g/mol. The number of hydrogen-bond acceptors (Lipinski definition) is 6. The second-order valence-corrected chi connectivity index (χ2v) is 8.19. The first-order valence-corrected chi connectivity index (χ1v) is 10.7. The van der Waals surface area contributed by atoms with E-state index in [0.717, 1.165) is 36.1 Å². The fourth-order valence-corrected chi connectivity index (χ4v) is 4.91. The molecule has 0 radical (unpaired) electrons. The van der Waals surface area contributed by atoms with E-state index in [1.165, 1.54) is 17.4 Å². The van der Waals surface area contributed by atoms with Crippen molar-refractivity contribution in [1.82, 2.24) is 5.32 Å². The summed E-state index contributed by atoms with van der Waals surface area (Å²) < 4.78 is 10.6. The maximum atomic E-state index is 12.9. The molecule has 0 fully saturated rings. The molecule has 0 unspecified atom stereocenters. The van der Waals surface area contributed by atoms with Gasteiger partial charge in [-0.2, -0.15) is 0 Å². The Hall–Kier alpha value is -2.97. The van der Waals surface area contributed by atoms with Crippen LogP contribution in [0.15, 0.2) is 39.5 Å². The number of aryl methyl sites for hydroxylation is 1. The normalized spacial score (nSPS) is 13.1. The third-order valence-electron chi connectivity index (χ3n) is 5.08. The number of thiophene rings is 1. The summed E-state index contributed by atoms with van der Waals surface area (Å²) in [7, 11) is 1.57. The highest BCUT2D eigenvalue weighted by Crippen LogP contribution is 2.38. The van der Waals surface area contributed by atoms with Crippen LogP contribution in [0.25, 0.3) is 11.0 Å². The molecule has 30 heavy (non-hydrogen) atoms. The minimum absolute atomic E-state index is 0.0872. The molecule has 4 rings (SSSR count). The van der Waals surface area contributed by atoms with Crippen molar-refractivity contribution in [3.05, 3.63) is 62.3 Å². The molecule has 0 bridgehead atoms. The lowest BCUT2D eigenvalue weighted by atomic mass is 9.95. The lowest BCUT2D eigenvalue weighted by molar-refractivity contribution is 0.0937. The number of benzene rings is 1. The Kier molecular flexibility index (Phi) is 5.96. The van der Waals surface area contributed by atoms with Crippen LogP contribution in [0.5, 0.6) is 0 Å². The van der Waals surface area contributed by atoms with Gasteiger partial charge in [-0.3, -0.25) is 14.4 Å². The first-order chi connectivity index (χ1) is 14.6. The Bertz CT molecular complexity index is 1160. The van der Waals surface area contributed by atoms with Gasteiger partial charge in [-0.15, -0.1) is 11.3 Å². The number of para-hydroxylation sites is 1. The number of nitrogens with one attached hydrogen (secondary N) is 2. The Morgan fingerprint density at radius 1 is 1.17 bits per heavy atom. The van der Waals surface area contributed by atoms with Crippen LogP contribution in [-0.2, 0) is 17.6 Å². The van der Waals surface area contributed by atoms with Crippen LogP contribution in [0, 0.1) is 0 Å². The van der Waals surface area contributed by atoms with Crippen molar-refractivity contribution in [1.29, 1.82) is 0 Å². The minimum atomic E-state index is -0.553. The van der Waals surface area contributed by atoms with Crippen molar-refractivity contribution in [3.8, 4) is 0 Å². The SMILES string of the molecule is COCCNC(=O)c1c(NC(=O)c2cc(=O)c3ccccc3o2)sc2c1CCCC2. The first kappa shape index (κ1) is 20.3. The van der Waals surface area contributed by atoms with Crippen molar-refractivity contribution >= 4 is 39.1 Å². The van der Waals surface area contributed by atoms with E-state index >= 15 is 0 Å². The van der Waals surface area contributed by atoms with E-state index in [-0.39, 0.29) is 17.1 Å². The number of ether oxygens (including phenoxy) is 1. The zero-order chi connectivity index (χ0) is 21.1. The lowest BCUT2D eigenvalue weighted by Gasteiger charge is -2.13. The molecule has 0 aliphatic heterocycles. The van der Waals surface area contributed by atoms with Crippen molar-refractivity contribution in [2.75, 3.05) is 25.6 Å². The second kappa shape index (κ2) is 8.81. The van der Waals surface area contributed by atoms with Gasteiger partial charge in [0.1, 0.15) is 10.6 Å². The Labute approximate surface area is 177 Å². The number of carbonyl (C=O) groups is 2. The van der Waals surface area contributed by atoms with Crippen molar-refractivity contribution in [2.45, 2.75) is 25.7 Å². The summed E-state index contributed by atoms with van der Waals surface area (Å²) >= 11 is 1.42. The van der Waals surface area contributed by atoms with Gasteiger partial charge in [0.15, 0.2) is 11.2 Å². The van der Waals surface area contributed by atoms with Crippen molar-refractivity contribution in [2.24, 2.45) is 0 Å². The Balaban J connectivity index is 1.65. The van der Waals surface area contributed by atoms with Crippen LogP contribution in [0.2, 0.25) is 0 Å². The van der Waals surface area contributed by atoms with Gasteiger partial charge in [0, 0.05) is 24.6 Å². The van der Waals surface area contributed by atoms with E-state index in [0.29, 0.717) is 34.7 Å². The fourth-order valence-electron chi connectivity index (χ4n) is 3.63. The Morgan fingerprint density at radius 2 is 1.97 bits per heavy atom. The van der Waals surface area contributed by atoms with Gasteiger partial charge in [0.2, 0.25) is 0 Å². The van der Waals surface area contributed by atoms with Crippen LogP contribution >= 0.6 is 11.3 Å². The van der Waals surface area contributed by atoms with Gasteiger partial charge >= 0.3 is 0 Å². The number of anilines is 1. The topological polar surface area (TPSA) is 97.6 Å². The highest BCUT2D eigenvalue weighted by Gasteiger charge is 2.27. The highest BCUT2D eigenvalue weighted by molar-refractivity contribution is 7.17. The summed E-state index contributed by atoms with van der Waals surface area (Å²) in [4.78, 5) is 39.1. The second-order valence-electron chi connectivity index (χ2n) is 7.09. The van der Waals surface area contributed by atoms with E-state index in [1.807, 2.05) is 0 Å². The predicted octanol–water partition coefficient (Wildman–Crippen LogP) is 3.36. The molecule has 2 heterocycles. The van der Waals surface area contributed by atoms with Gasteiger partial charge in [-0.1, -0.05) is 12.1 Å². The number of carbonyl (C=O) groups excluding carboxylic acids is 2. The average Bonchev–Trinajstić information content (AvgIpc) is 3.11. The average molecular weight is 426 g/mol. The molecule has 1 aromatic carbocycles. The van der Waals surface area contributed by atoms with Gasteiger partial charge in [-0.25, -0.2) is 0 Å². The molecule has 3 aromatic rings. The summed E-state index contributed by atoms with van der Waals surface area (Å²) in [5.74, 6) is -0.875. The van der Waals surface area contributed by atoms with Crippen molar-refractivity contribution < 1.29 is 18.7 Å². The zero-order valence-electron chi connectivity index (χ0n) is 16.6. The van der Waals surface area contributed by atoms with E-state index in [9.17, 15) is 14.4 Å². The maximum absolute atomic E-state index is 12.9. The molecule has 0 spiro atoms. The smallest absolute Gasteiger partial charge is 0.292 e. The lowest BCUT2D eigenvalue weighted by Crippen LogP contribution is -2.28. The first-order valence-electron chi connectivity index (χ1n) is 9.84. The molecule has 0 saturated heterocycles. The third-order valence-corrected chi connectivity index (χ3v) is 6.28. The summed E-state index contributed by atoms with van der Waals surface area (Å²) in [5, 5.41) is 6.54. The number of rotatable bonds is 6. The predicted molar refractivity (Wildman–Crippen MR) is 116 cm³/mol. The molecule has 156 valence electrons. The number of amides is 2. The van der Waals surface area contributed by atoms with Crippen LogP contribution in [0.3, 0.4) is 0 Å². The van der Waals surface area contributed by atoms with E-state index in [4.69, 9.17) is 9.15 Å². The standard InChI is InChI=1S/C22H22N2O5S/c1-28-11-10-23-21(27)19-14-7-3-5-9-18(14)30-22(19)24-20(26)17-12-15(25)13-6-2-4-8-16(13)29-17/h2,4,6,8,12H,3,5,7,9-11H2,1H3,(H,23,27)(H,24,26). The summed E-state index contributed by atoms with van der Waals surface area (Å²) in [6.45, 7) is 0.787. The molecule has 2 amide bonds. The van der Waals surface area contributed by atoms with E-state index < -0.39 is 5.91 Å². The third kappa shape index (κ3) is 4.01. The molecule has 1 aliphatic carbocycles. The minimum Gasteiger partial charge on any atom is -0.451 e. The van der Waals surface area contributed by atoms with Gasteiger partial charge in [0.25, 0.3) is 11.8 Å². The molecule has 1 aliphatic rings. The largest absolute Gasteiger partial charge is 0.451 e. The van der Waals surface area contributed by atoms with Crippen LogP contribution in [0.1, 0.15) is 44.2 Å². The highest BCUT2D eigenvalue weighted by atomic mass is 32.1. The van der Waals surface area contributed by atoms with Crippen molar-refractivity contribution in [3.63, 3.8) is 0 Å². The van der Waals surface area contributed by atoms with Crippen LogP contribution in [-0.4, -0.2) is 32.1 Å². The molecule has 8 heteroatoms. The molecular formula is C22H22N2O5S. The maximum Gasteiger partial charge on any atom is 0.292 e. The Morgan fingerprint density at radius 3 is 2.80 bits per heavy atom. The molecule has 7 nitrogen and oxygen atoms in total. The summed E-state index contributed by atoms with van der Waals surface area (Å²) in [5.41, 5.74) is 1.56. The number of fused-ring (bicyclic) bond motifs is 2. The van der Waals surface area contributed by atoms with Gasteiger partial charge < -0.3 is 19.8 Å². The molecule has 2 aromatic heterocycles. The van der Waals surface area contributed by atoms with E-state index in [1.54, 1.807) is 31.4 Å². The number of hydrogen-bond donors (Lipinski definition) is 2.